The molecule has 6 nitrogen and oxygen atoms in total. The van der Waals surface area contributed by atoms with E-state index in [1.807, 2.05) is 0 Å². The van der Waals surface area contributed by atoms with Gasteiger partial charge in [0.25, 0.3) is 0 Å². The summed E-state index contributed by atoms with van der Waals surface area (Å²) in [5.74, 6) is 0. The lowest BCUT2D eigenvalue weighted by Crippen LogP contribution is -2.64. The van der Waals surface area contributed by atoms with Crippen molar-refractivity contribution in [2.45, 2.75) is 254 Å². The molecule has 2 aromatic carbocycles. The van der Waals surface area contributed by atoms with E-state index in [-0.39, 0.29) is 44.6 Å². The van der Waals surface area contributed by atoms with Crippen molar-refractivity contribution >= 4 is 21.8 Å². The molecule has 64 heavy (non-hydrogen) atoms. The maximum Gasteiger partial charge on any atom is 0.109 e. The Morgan fingerprint density at radius 1 is 0.406 bits per heavy atom. The second-order valence-electron chi connectivity index (χ2n) is 29.3. The zero-order valence-electron chi connectivity index (χ0n) is 47.3. The van der Waals surface area contributed by atoms with Crippen LogP contribution in [0.2, 0.25) is 0 Å². The van der Waals surface area contributed by atoms with Gasteiger partial charge in [-0.15, -0.1) is 0 Å². The molecule has 0 N–H and O–H groups in total. The molecule has 0 spiro atoms. The van der Waals surface area contributed by atoms with Crippen LogP contribution in [0, 0.1) is 21.7 Å². The largest absolute Gasteiger partial charge is 0.338 e. The monoisotopic (exact) mass is 884 g/mol. The van der Waals surface area contributed by atoms with Crippen molar-refractivity contribution in [2.75, 3.05) is 0 Å². The average Bonchev–Trinajstić information content (AvgIpc) is 3.57. The topological polar surface area (TPSA) is 28.8 Å². The van der Waals surface area contributed by atoms with Crippen LogP contribution in [0.5, 0.6) is 0 Å². The molecule has 0 bridgehead atoms. The highest BCUT2D eigenvalue weighted by molar-refractivity contribution is 5.87. The average molecular weight is 884 g/mol. The number of hydroxylamine groups is 2. The first-order chi connectivity index (χ1) is 28.3. The minimum atomic E-state index is -0.0550. The first-order valence-corrected chi connectivity index (χ1v) is 24.5. The Labute approximate surface area is 395 Å². The first kappa shape index (κ1) is 55.7. The van der Waals surface area contributed by atoms with E-state index >= 15 is 0 Å². The molecule has 2 aliphatic rings. The molecule has 2 aliphatic heterocycles. The summed E-state index contributed by atoms with van der Waals surface area (Å²) in [5.41, 5.74) is 9.67. The van der Waals surface area contributed by atoms with Crippen LogP contribution in [0.25, 0.3) is 21.8 Å². The van der Waals surface area contributed by atoms with Crippen LogP contribution in [0.4, 0.5) is 0 Å². The highest BCUT2D eigenvalue weighted by Gasteiger charge is 2.50. The van der Waals surface area contributed by atoms with Crippen molar-refractivity contribution in [2.24, 2.45) is 21.7 Å². The molecule has 4 aromatic rings. The van der Waals surface area contributed by atoms with Gasteiger partial charge >= 0.3 is 0 Å². The lowest BCUT2D eigenvalue weighted by Gasteiger charge is -2.59. The van der Waals surface area contributed by atoms with Gasteiger partial charge in [0.2, 0.25) is 0 Å². The fraction of sp³-hybridized carbons (Fsp3) is 0.724. The van der Waals surface area contributed by atoms with Gasteiger partial charge < -0.3 is 9.13 Å². The van der Waals surface area contributed by atoms with Crippen LogP contribution in [-0.2, 0) is 29.1 Å². The Bertz CT molecular complexity index is 2130. The molecule has 364 valence electrons. The molecule has 0 fully saturated rings. The maximum absolute atomic E-state index is 6.39. The maximum atomic E-state index is 6.39. The Hall–Kier alpha value is -2.64. The predicted molar refractivity (Wildman–Crippen MR) is 282 cm³/mol. The van der Waals surface area contributed by atoms with Gasteiger partial charge in [-0.1, -0.05) is 133 Å². The third-order valence-electron chi connectivity index (χ3n) is 11.1. The van der Waals surface area contributed by atoms with Crippen LogP contribution in [-0.4, -0.2) is 40.8 Å². The smallest absolute Gasteiger partial charge is 0.109 e. The van der Waals surface area contributed by atoms with E-state index in [0.29, 0.717) is 23.5 Å². The van der Waals surface area contributed by atoms with Crippen molar-refractivity contribution in [1.29, 1.82) is 0 Å². The van der Waals surface area contributed by atoms with Gasteiger partial charge in [-0.3, -0.25) is 4.84 Å². The van der Waals surface area contributed by atoms with Gasteiger partial charge in [0.1, 0.15) is 6.61 Å². The fourth-order valence-corrected chi connectivity index (χ4v) is 9.35. The molecule has 2 atom stereocenters. The second-order valence-corrected chi connectivity index (χ2v) is 29.3. The van der Waals surface area contributed by atoms with Crippen molar-refractivity contribution in [1.82, 2.24) is 24.2 Å². The molecule has 0 saturated heterocycles. The minimum Gasteiger partial charge on any atom is -0.338 e. The number of hydrazine groups is 1. The predicted octanol–water partition coefficient (Wildman–Crippen LogP) is 17.2. The van der Waals surface area contributed by atoms with E-state index in [1.165, 1.54) is 44.3 Å². The highest BCUT2D eigenvalue weighted by atomic mass is 16.7. The number of hydrogen-bond donors (Lipinski definition) is 0. The fourth-order valence-electron chi connectivity index (χ4n) is 9.35. The lowest BCUT2D eigenvalue weighted by atomic mass is 9.77. The van der Waals surface area contributed by atoms with E-state index in [4.69, 9.17) is 4.84 Å². The lowest BCUT2D eigenvalue weighted by molar-refractivity contribution is -0.274. The van der Waals surface area contributed by atoms with Crippen LogP contribution in [0.3, 0.4) is 0 Å². The zero-order valence-corrected chi connectivity index (χ0v) is 47.3. The third-order valence-corrected chi connectivity index (χ3v) is 11.1. The van der Waals surface area contributed by atoms with E-state index in [1.54, 1.807) is 0 Å². The van der Waals surface area contributed by atoms with E-state index in [9.17, 15) is 0 Å². The number of aromatic nitrogens is 2. The summed E-state index contributed by atoms with van der Waals surface area (Å²) in [7, 11) is 0. The molecular weight excluding hydrogens is 783 g/mol. The molecule has 0 saturated carbocycles. The Morgan fingerprint density at radius 2 is 0.750 bits per heavy atom. The first-order valence-electron chi connectivity index (χ1n) is 24.5. The Morgan fingerprint density at radius 3 is 1.06 bits per heavy atom. The quantitative estimate of drug-likeness (QED) is 0.176. The molecule has 0 aliphatic carbocycles. The van der Waals surface area contributed by atoms with Gasteiger partial charge in [-0.05, 0) is 138 Å². The molecule has 2 unspecified atom stereocenters. The van der Waals surface area contributed by atoms with E-state index in [2.05, 4.69) is 274 Å². The van der Waals surface area contributed by atoms with Crippen LogP contribution in [0.15, 0.2) is 48.5 Å². The summed E-state index contributed by atoms with van der Waals surface area (Å²) in [5, 5.41) is 10.3. The summed E-state index contributed by atoms with van der Waals surface area (Å²) in [6.45, 7) is 67.9. The van der Waals surface area contributed by atoms with Crippen molar-refractivity contribution in [3.05, 3.63) is 71.0 Å². The number of fused-ring (bicyclic) bond motifs is 6. The molecule has 2 aromatic heterocycles. The number of benzene rings is 2. The summed E-state index contributed by atoms with van der Waals surface area (Å²) in [4.78, 5) is 6.39. The summed E-state index contributed by atoms with van der Waals surface area (Å²) in [6.07, 6.45) is 0. The molecular formula is C58H101N5O. The van der Waals surface area contributed by atoms with Crippen molar-refractivity contribution in [3.8, 4) is 0 Å². The number of nitrogens with zero attached hydrogens (tertiary/aromatic N) is 5. The summed E-state index contributed by atoms with van der Waals surface area (Å²) < 4.78 is 5.09. The van der Waals surface area contributed by atoms with Gasteiger partial charge in [0, 0.05) is 66.3 Å². The van der Waals surface area contributed by atoms with Gasteiger partial charge in [-0.25, -0.2) is 10.0 Å². The van der Waals surface area contributed by atoms with Crippen LogP contribution < -0.4 is 0 Å². The summed E-state index contributed by atoms with van der Waals surface area (Å²) in [6, 6.07) is 18.4. The van der Waals surface area contributed by atoms with E-state index < -0.39 is 0 Å². The van der Waals surface area contributed by atoms with Gasteiger partial charge in [0.15, 0.2) is 0 Å². The molecule has 0 radical (unpaired) electrons. The normalized spacial score (nSPS) is 19.0. The Kier molecular flexibility index (Phi) is 16.1. The van der Waals surface area contributed by atoms with Gasteiger partial charge in [0.05, 0.1) is 24.3 Å². The van der Waals surface area contributed by atoms with Crippen LogP contribution >= 0.6 is 0 Å². The number of hydrogen-bond acceptors (Lipinski definition) is 4. The third kappa shape index (κ3) is 13.5. The zero-order chi connectivity index (χ0) is 49.9. The molecule has 6 heteroatoms. The molecule has 4 heterocycles. The van der Waals surface area contributed by atoms with Crippen molar-refractivity contribution in [3.63, 3.8) is 0 Å². The SMILES string of the molecule is CC(C)(C)C.CC(C)(C)C.CC(C)(C)C1c2c(n(C(C)(C)C)c3ccccc23)CN(C(C)(C)C)N1C(C)(C)C.CC(C)(C)C1c2c(n(C(C)(C)C)c3ccccc23)CON1C(C)(C)C. The summed E-state index contributed by atoms with van der Waals surface area (Å²) >= 11 is 0. The number of rotatable bonds is 0. The second kappa shape index (κ2) is 18.5. The molecule has 6 rings (SSSR count). The molecule has 0 amide bonds. The van der Waals surface area contributed by atoms with Crippen molar-refractivity contribution < 1.29 is 4.84 Å². The standard InChI is InChI=1S/C26H43N3.C22H34N2O.2C5H12/c1-23(2,3)22-21-18-15-13-14-16-19(18)28(25(7,8)9)20(21)17-27(24(4,5)6)29(22)26(10,11)12;1-20(2,3)19-18-15-12-10-11-13-16(15)23(21(4,5)6)17(18)14-25-24(19)22(7,8)9;2*1-5(2,3)4/h13-16,22H,17H2,1-12H3;10-13,19H,14H2,1-9H3;2*1-4H3. The minimum absolute atomic E-state index is 0.0167. The number of para-hydroxylation sites is 2. The highest BCUT2D eigenvalue weighted by Crippen LogP contribution is 2.53. The van der Waals surface area contributed by atoms with Crippen LogP contribution in [0.1, 0.15) is 235 Å². The van der Waals surface area contributed by atoms with Gasteiger partial charge in [-0.2, -0.15) is 5.06 Å². The van der Waals surface area contributed by atoms with E-state index in [0.717, 1.165) is 6.54 Å². The Balaban J connectivity index is 0.000000283.